The average molecular weight is 519 g/mol. The van der Waals surface area contributed by atoms with Gasteiger partial charge in [0.1, 0.15) is 4.75 Å². The SMILES string of the molecule is Cc1ncc(C(C)(C)c2cc(NC(=O)C(C)(C)S(=O)(=O)C3CCN(S(C)(=O)=O)CC3)on2)s1. The lowest BCUT2D eigenvalue weighted by atomic mass is 9.88. The monoisotopic (exact) mass is 518 g/mol. The molecule has 0 aliphatic carbocycles. The molecule has 1 saturated heterocycles. The van der Waals surface area contributed by atoms with Gasteiger partial charge in [-0.3, -0.25) is 10.1 Å². The van der Waals surface area contributed by atoms with Gasteiger partial charge in [0.2, 0.25) is 21.8 Å². The second-order valence-corrected chi connectivity index (χ2v) is 15.3. The van der Waals surface area contributed by atoms with Gasteiger partial charge in [-0.25, -0.2) is 26.1 Å². The van der Waals surface area contributed by atoms with E-state index in [0.717, 1.165) is 16.1 Å². The van der Waals surface area contributed by atoms with E-state index in [1.54, 1.807) is 12.3 Å². The molecule has 1 aliphatic heterocycles. The lowest BCUT2D eigenvalue weighted by Gasteiger charge is -2.34. The molecule has 0 radical (unpaired) electrons. The lowest BCUT2D eigenvalue weighted by molar-refractivity contribution is -0.118. The summed E-state index contributed by atoms with van der Waals surface area (Å²) in [5, 5.41) is 6.72. The molecule has 33 heavy (non-hydrogen) atoms. The molecule has 0 saturated carbocycles. The Morgan fingerprint density at radius 3 is 2.30 bits per heavy atom. The summed E-state index contributed by atoms with van der Waals surface area (Å²) in [7, 11) is -7.29. The third-order valence-electron chi connectivity index (χ3n) is 6.19. The first-order valence-corrected chi connectivity index (χ1v) is 14.7. The highest BCUT2D eigenvalue weighted by Gasteiger charge is 2.47. The Balaban J connectivity index is 1.73. The number of aromatic nitrogens is 2. The number of nitrogens with zero attached hydrogens (tertiary/aromatic N) is 3. The van der Waals surface area contributed by atoms with Crippen LogP contribution < -0.4 is 5.32 Å². The number of sulfone groups is 1. The summed E-state index contributed by atoms with van der Waals surface area (Å²) in [6.07, 6.45) is 3.15. The molecular weight excluding hydrogens is 488 g/mol. The molecule has 0 unspecified atom stereocenters. The van der Waals surface area contributed by atoms with Crippen LogP contribution in [0, 0.1) is 6.92 Å². The quantitative estimate of drug-likeness (QED) is 0.589. The lowest BCUT2D eigenvalue weighted by Crippen LogP contribution is -2.52. The molecule has 0 atom stereocenters. The second-order valence-electron chi connectivity index (χ2n) is 9.32. The number of hydrogen-bond acceptors (Lipinski definition) is 9. The molecule has 13 heteroatoms. The Morgan fingerprint density at radius 2 is 1.79 bits per heavy atom. The van der Waals surface area contributed by atoms with Crippen molar-refractivity contribution in [3.05, 3.63) is 27.8 Å². The maximum Gasteiger partial charge on any atom is 0.247 e. The highest BCUT2D eigenvalue weighted by atomic mass is 32.2. The minimum atomic E-state index is -3.91. The molecule has 1 aliphatic rings. The number of anilines is 1. The molecule has 0 bridgehead atoms. The highest BCUT2D eigenvalue weighted by molar-refractivity contribution is 7.94. The Bertz CT molecular complexity index is 1240. The Morgan fingerprint density at radius 1 is 1.18 bits per heavy atom. The van der Waals surface area contributed by atoms with E-state index in [1.165, 1.54) is 29.5 Å². The molecule has 2 aromatic heterocycles. The maximum atomic E-state index is 13.3. The van der Waals surface area contributed by atoms with Gasteiger partial charge in [-0.2, -0.15) is 0 Å². The van der Waals surface area contributed by atoms with Gasteiger partial charge < -0.3 is 4.52 Å². The van der Waals surface area contributed by atoms with E-state index >= 15 is 0 Å². The minimum absolute atomic E-state index is 0.0551. The fraction of sp³-hybridized carbons (Fsp3) is 0.650. The van der Waals surface area contributed by atoms with Crippen LogP contribution in [0.4, 0.5) is 5.88 Å². The van der Waals surface area contributed by atoms with Gasteiger partial charge in [0.15, 0.2) is 9.84 Å². The van der Waals surface area contributed by atoms with Crippen LogP contribution in [-0.2, 0) is 30.1 Å². The van der Waals surface area contributed by atoms with Gasteiger partial charge in [0.25, 0.3) is 0 Å². The van der Waals surface area contributed by atoms with Gasteiger partial charge in [0.05, 0.1) is 22.2 Å². The summed E-state index contributed by atoms with van der Waals surface area (Å²) in [6, 6.07) is 1.58. The third-order valence-corrected chi connectivity index (χ3v) is 11.7. The predicted octanol–water partition coefficient (Wildman–Crippen LogP) is 2.32. The molecule has 1 amide bonds. The number of nitrogens with one attached hydrogen (secondary N) is 1. The van der Waals surface area contributed by atoms with Crippen molar-refractivity contribution in [2.75, 3.05) is 24.7 Å². The molecule has 3 rings (SSSR count). The van der Waals surface area contributed by atoms with Gasteiger partial charge in [-0.05, 0) is 47.5 Å². The van der Waals surface area contributed by atoms with Crippen LogP contribution in [0.15, 0.2) is 16.8 Å². The van der Waals surface area contributed by atoms with Crippen LogP contribution in [0.25, 0.3) is 0 Å². The number of aryl methyl sites for hydroxylation is 1. The molecule has 1 N–H and O–H groups in total. The van der Waals surface area contributed by atoms with Crippen molar-refractivity contribution in [3.8, 4) is 0 Å². The van der Waals surface area contributed by atoms with E-state index in [1.807, 2.05) is 20.8 Å². The third kappa shape index (κ3) is 5.00. The van der Waals surface area contributed by atoms with Gasteiger partial charge in [0, 0.05) is 35.6 Å². The molecule has 1 fully saturated rings. The van der Waals surface area contributed by atoms with Crippen molar-refractivity contribution in [2.24, 2.45) is 0 Å². The Kier molecular flexibility index (Phi) is 6.84. The zero-order chi connectivity index (χ0) is 24.8. The van der Waals surface area contributed by atoms with Gasteiger partial charge in [-0.15, -0.1) is 11.3 Å². The largest absolute Gasteiger partial charge is 0.338 e. The zero-order valence-electron chi connectivity index (χ0n) is 19.6. The normalized spacial score (nSPS) is 17.3. The number of sulfonamides is 1. The van der Waals surface area contributed by atoms with Crippen molar-refractivity contribution in [3.63, 3.8) is 0 Å². The minimum Gasteiger partial charge on any atom is -0.338 e. The summed E-state index contributed by atoms with van der Waals surface area (Å²) in [5.41, 5.74) is 0.0726. The van der Waals surface area contributed by atoms with Crippen LogP contribution in [0.1, 0.15) is 56.1 Å². The fourth-order valence-electron chi connectivity index (χ4n) is 3.69. The topological polar surface area (TPSA) is 140 Å². The van der Waals surface area contributed by atoms with Crippen molar-refractivity contribution in [1.29, 1.82) is 0 Å². The first-order chi connectivity index (χ1) is 15.1. The van der Waals surface area contributed by atoms with E-state index in [9.17, 15) is 21.6 Å². The van der Waals surface area contributed by atoms with Crippen molar-refractivity contribution in [1.82, 2.24) is 14.4 Å². The summed E-state index contributed by atoms with van der Waals surface area (Å²) in [5.74, 6) is -0.679. The van der Waals surface area contributed by atoms with Crippen molar-refractivity contribution < 1.29 is 26.2 Å². The van der Waals surface area contributed by atoms with Crippen LogP contribution in [0.3, 0.4) is 0 Å². The Hall–Kier alpha value is -1.83. The second kappa shape index (κ2) is 8.75. The molecule has 184 valence electrons. The predicted molar refractivity (Wildman–Crippen MR) is 127 cm³/mol. The summed E-state index contributed by atoms with van der Waals surface area (Å²) >= 11 is 1.54. The number of carbonyl (C=O) groups is 1. The van der Waals surface area contributed by atoms with Crippen molar-refractivity contribution >= 4 is 43.0 Å². The summed E-state index contributed by atoms with van der Waals surface area (Å²) in [6.45, 7) is 8.74. The fourth-order valence-corrected chi connectivity index (χ4v) is 7.42. The number of hydrogen-bond donors (Lipinski definition) is 1. The van der Waals surface area contributed by atoms with Crippen LogP contribution in [-0.4, -0.2) is 66.5 Å². The number of thiazole rings is 1. The van der Waals surface area contributed by atoms with E-state index in [4.69, 9.17) is 4.52 Å². The van der Waals surface area contributed by atoms with E-state index in [2.05, 4.69) is 15.5 Å². The standard InChI is InChI=1S/C20H30N4O6S3/c1-13-21-12-16(31-13)19(2,3)15-11-17(30-23-15)22-18(25)20(4,5)33(28,29)14-7-9-24(10-8-14)32(6,26)27/h11-12,14H,7-10H2,1-6H3,(H,22,25). The number of amides is 1. The van der Waals surface area contributed by atoms with E-state index < -0.39 is 41.2 Å². The van der Waals surface area contributed by atoms with Crippen LogP contribution in [0.2, 0.25) is 0 Å². The van der Waals surface area contributed by atoms with Gasteiger partial charge >= 0.3 is 0 Å². The summed E-state index contributed by atoms with van der Waals surface area (Å²) in [4.78, 5) is 18.2. The molecule has 10 nitrogen and oxygen atoms in total. The molecule has 0 aromatic carbocycles. The smallest absolute Gasteiger partial charge is 0.247 e. The molecular formula is C20H30N4O6S3. The molecule has 2 aromatic rings. The first-order valence-electron chi connectivity index (χ1n) is 10.5. The maximum absolute atomic E-state index is 13.3. The first kappa shape index (κ1) is 25.8. The molecule has 3 heterocycles. The summed E-state index contributed by atoms with van der Waals surface area (Å²) < 4.78 is 54.7. The number of rotatable bonds is 7. The highest BCUT2D eigenvalue weighted by Crippen LogP contribution is 2.36. The zero-order valence-corrected chi connectivity index (χ0v) is 22.0. The van der Waals surface area contributed by atoms with E-state index in [0.29, 0.717) is 5.69 Å². The molecule has 0 spiro atoms. The average Bonchev–Trinajstić information content (AvgIpc) is 3.37. The van der Waals surface area contributed by atoms with Crippen molar-refractivity contribution in [2.45, 2.75) is 62.9 Å². The van der Waals surface area contributed by atoms with Crippen LogP contribution >= 0.6 is 11.3 Å². The van der Waals surface area contributed by atoms with Gasteiger partial charge in [-0.1, -0.05) is 5.16 Å². The van der Waals surface area contributed by atoms with E-state index in [-0.39, 0.29) is 31.8 Å². The number of carbonyl (C=O) groups excluding carboxylic acids is 1. The number of piperidine rings is 1. The Labute approximate surface area is 198 Å². The van der Waals surface area contributed by atoms with Crippen LogP contribution in [0.5, 0.6) is 0 Å².